The van der Waals surface area contributed by atoms with Gasteiger partial charge in [0.25, 0.3) is 0 Å². The fraction of sp³-hybridized carbons (Fsp3) is 0.417. The molecular formula is C12H18N2O2. The third-order valence-electron chi connectivity index (χ3n) is 2.39. The van der Waals surface area contributed by atoms with E-state index in [0.717, 1.165) is 5.56 Å². The number of carbonyl (C=O) groups excluding carboxylic acids is 1. The molecule has 0 bridgehead atoms. The Morgan fingerprint density at radius 3 is 2.62 bits per heavy atom. The average Bonchev–Trinajstić information content (AvgIpc) is 2.29. The highest BCUT2D eigenvalue weighted by Gasteiger charge is 2.16. The van der Waals surface area contributed by atoms with Gasteiger partial charge in [0.05, 0.1) is 0 Å². The van der Waals surface area contributed by atoms with E-state index in [1.165, 1.54) is 0 Å². The minimum absolute atomic E-state index is 0.0576. The zero-order chi connectivity index (χ0) is 12.0. The van der Waals surface area contributed by atoms with E-state index in [2.05, 4.69) is 5.32 Å². The molecule has 1 unspecified atom stereocenters. The molecule has 0 radical (unpaired) electrons. The van der Waals surface area contributed by atoms with Gasteiger partial charge >= 0.3 is 0 Å². The lowest BCUT2D eigenvalue weighted by atomic mass is 10.1. The lowest BCUT2D eigenvalue weighted by molar-refractivity contribution is -0.123. The summed E-state index contributed by atoms with van der Waals surface area (Å²) in [5.74, 6) is -0.216. The van der Waals surface area contributed by atoms with Gasteiger partial charge in [-0.25, -0.2) is 0 Å². The van der Waals surface area contributed by atoms with Gasteiger partial charge in [0.2, 0.25) is 5.91 Å². The molecule has 88 valence electrons. The second-order valence-electron chi connectivity index (χ2n) is 3.81. The SMILES string of the molecule is CC(CCO)NC(=O)[C@H](N)c1ccccc1. The molecule has 1 rings (SSSR count). The number of amides is 1. The van der Waals surface area contributed by atoms with Gasteiger partial charge in [-0.15, -0.1) is 0 Å². The Bertz CT molecular complexity index is 327. The summed E-state index contributed by atoms with van der Waals surface area (Å²) in [5.41, 5.74) is 6.60. The van der Waals surface area contributed by atoms with E-state index in [-0.39, 0.29) is 18.6 Å². The number of aliphatic hydroxyl groups is 1. The maximum absolute atomic E-state index is 11.7. The van der Waals surface area contributed by atoms with Crippen LogP contribution in [0, 0.1) is 0 Å². The highest BCUT2D eigenvalue weighted by molar-refractivity contribution is 5.83. The minimum Gasteiger partial charge on any atom is -0.396 e. The van der Waals surface area contributed by atoms with Crippen molar-refractivity contribution in [2.45, 2.75) is 25.4 Å². The summed E-state index contributed by atoms with van der Waals surface area (Å²) in [4.78, 5) is 11.7. The van der Waals surface area contributed by atoms with Crippen LogP contribution >= 0.6 is 0 Å². The van der Waals surface area contributed by atoms with Gasteiger partial charge in [-0.2, -0.15) is 0 Å². The zero-order valence-electron chi connectivity index (χ0n) is 9.39. The molecule has 1 aromatic carbocycles. The van der Waals surface area contributed by atoms with E-state index in [9.17, 15) is 4.79 Å². The summed E-state index contributed by atoms with van der Waals surface area (Å²) in [7, 11) is 0. The number of hydrogen-bond donors (Lipinski definition) is 3. The van der Waals surface area contributed by atoms with Crippen LogP contribution in [0.3, 0.4) is 0 Å². The van der Waals surface area contributed by atoms with Crippen molar-refractivity contribution in [3.63, 3.8) is 0 Å². The molecule has 0 aliphatic rings. The number of carbonyl (C=O) groups is 1. The first-order chi connectivity index (χ1) is 7.65. The van der Waals surface area contributed by atoms with Gasteiger partial charge in [0.15, 0.2) is 0 Å². The number of rotatable bonds is 5. The van der Waals surface area contributed by atoms with Gasteiger partial charge in [0.1, 0.15) is 6.04 Å². The van der Waals surface area contributed by atoms with Gasteiger partial charge in [0, 0.05) is 12.6 Å². The Kier molecular flexibility index (Phi) is 4.95. The predicted octanol–water partition coefficient (Wildman–Crippen LogP) is 0.573. The molecule has 0 aliphatic heterocycles. The normalized spacial score (nSPS) is 14.2. The molecule has 1 aromatic rings. The first-order valence-electron chi connectivity index (χ1n) is 5.37. The highest BCUT2D eigenvalue weighted by atomic mass is 16.3. The summed E-state index contributed by atoms with van der Waals surface area (Å²) in [6.45, 7) is 1.90. The summed E-state index contributed by atoms with van der Waals surface area (Å²) < 4.78 is 0. The Morgan fingerprint density at radius 1 is 1.44 bits per heavy atom. The molecule has 0 heterocycles. The van der Waals surface area contributed by atoms with Crippen molar-refractivity contribution in [1.29, 1.82) is 0 Å². The van der Waals surface area contributed by atoms with Gasteiger partial charge < -0.3 is 16.2 Å². The van der Waals surface area contributed by atoms with Crippen LogP contribution in [0.2, 0.25) is 0 Å². The maximum Gasteiger partial charge on any atom is 0.241 e. The topological polar surface area (TPSA) is 75.3 Å². The van der Waals surface area contributed by atoms with Crippen LogP contribution < -0.4 is 11.1 Å². The number of hydrogen-bond acceptors (Lipinski definition) is 3. The van der Waals surface area contributed by atoms with Crippen molar-refractivity contribution in [3.05, 3.63) is 35.9 Å². The monoisotopic (exact) mass is 222 g/mol. The van der Waals surface area contributed by atoms with Crippen LogP contribution in [0.5, 0.6) is 0 Å². The molecule has 0 aliphatic carbocycles. The van der Waals surface area contributed by atoms with E-state index < -0.39 is 6.04 Å². The first kappa shape index (κ1) is 12.7. The number of aliphatic hydroxyl groups excluding tert-OH is 1. The summed E-state index contributed by atoms with van der Waals surface area (Å²) in [5, 5.41) is 11.5. The molecule has 4 nitrogen and oxygen atoms in total. The quantitative estimate of drug-likeness (QED) is 0.682. The van der Waals surface area contributed by atoms with Crippen LogP contribution in [-0.2, 0) is 4.79 Å². The van der Waals surface area contributed by atoms with Crippen molar-refractivity contribution >= 4 is 5.91 Å². The highest BCUT2D eigenvalue weighted by Crippen LogP contribution is 2.09. The molecule has 0 aromatic heterocycles. The molecule has 16 heavy (non-hydrogen) atoms. The minimum atomic E-state index is -0.651. The van der Waals surface area contributed by atoms with E-state index in [4.69, 9.17) is 10.8 Å². The zero-order valence-corrected chi connectivity index (χ0v) is 9.39. The Morgan fingerprint density at radius 2 is 2.06 bits per heavy atom. The summed E-state index contributed by atoms with van der Waals surface area (Å²) in [6, 6.07) is 8.50. The number of nitrogens with two attached hydrogens (primary N) is 1. The van der Waals surface area contributed by atoms with Gasteiger partial charge in [-0.05, 0) is 18.9 Å². The molecule has 0 spiro atoms. The lowest BCUT2D eigenvalue weighted by Gasteiger charge is -2.16. The Labute approximate surface area is 95.5 Å². The van der Waals surface area contributed by atoms with Gasteiger partial charge in [-0.3, -0.25) is 4.79 Å². The van der Waals surface area contributed by atoms with E-state index in [0.29, 0.717) is 6.42 Å². The fourth-order valence-electron chi connectivity index (χ4n) is 1.41. The van der Waals surface area contributed by atoms with E-state index in [1.807, 2.05) is 37.3 Å². The van der Waals surface area contributed by atoms with Gasteiger partial charge in [-0.1, -0.05) is 30.3 Å². The predicted molar refractivity (Wildman–Crippen MR) is 62.7 cm³/mol. The Hall–Kier alpha value is -1.39. The molecule has 1 amide bonds. The third-order valence-corrected chi connectivity index (χ3v) is 2.39. The first-order valence-corrected chi connectivity index (χ1v) is 5.37. The second-order valence-corrected chi connectivity index (χ2v) is 3.81. The Balaban J connectivity index is 2.55. The molecule has 0 saturated heterocycles. The van der Waals surface area contributed by atoms with Crippen molar-refractivity contribution in [1.82, 2.24) is 5.32 Å². The van der Waals surface area contributed by atoms with Crippen molar-refractivity contribution in [2.75, 3.05) is 6.61 Å². The number of benzene rings is 1. The van der Waals surface area contributed by atoms with Crippen LogP contribution in [0.25, 0.3) is 0 Å². The molecule has 4 heteroatoms. The van der Waals surface area contributed by atoms with Crippen molar-refractivity contribution in [3.8, 4) is 0 Å². The average molecular weight is 222 g/mol. The fourth-order valence-corrected chi connectivity index (χ4v) is 1.41. The van der Waals surface area contributed by atoms with Crippen molar-refractivity contribution in [2.24, 2.45) is 5.73 Å². The maximum atomic E-state index is 11.7. The van der Waals surface area contributed by atoms with Crippen LogP contribution in [0.15, 0.2) is 30.3 Å². The molecule has 0 saturated carbocycles. The summed E-state index contributed by atoms with van der Waals surface area (Å²) >= 11 is 0. The lowest BCUT2D eigenvalue weighted by Crippen LogP contribution is -2.39. The van der Waals surface area contributed by atoms with Crippen LogP contribution in [0.1, 0.15) is 24.9 Å². The van der Waals surface area contributed by atoms with Crippen LogP contribution in [-0.4, -0.2) is 23.7 Å². The molecular weight excluding hydrogens is 204 g/mol. The van der Waals surface area contributed by atoms with E-state index >= 15 is 0 Å². The summed E-state index contributed by atoms with van der Waals surface area (Å²) in [6.07, 6.45) is 0.535. The third kappa shape index (κ3) is 3.64. The standard InChI is InChI=1S/C12H18N2O2/c1-9(7-8-15)14-12(16)11(13)10-5-3-2-4-6-10/h2-6,9,11,15H,7-8,13H2,1H3,(H,14,16)/t9?,11-/m1/s1. The smallest absolute Gasteiger partial charge is 0.241 e. The van der Waals surface area contributed by atoms with Crippen LogP contribution in [0.4, 0.5) is 0 Å². The number of nitrogens with one attached hydrogen (secondary N) is 1. The van der Waals surface area contributed by atoms with Crippen molar-refractivity contribution < 1.29 is 9.90 Å². The molecule has 4 N–H and O–H groups in total. The van der Waals surface area contributed by atoms with E-state index in [1.54, 1.807) is 0 Å². The molecule has 2 atom stereocenters. The molecule has 0 fully saturated rings. The largest absolute Gasteiger partial charge is 0.396 e. The second kappa shape index (κ2) is 6.25.